The van der Waals surface area contributed by atoms with Crippen LogP contribution in [0.15, 0.2) is 108 Å². The van der Waals surface area contributed by atoms with Gasteiger partial charge in [-0.25, -0.2) is 4.90 Å². The van der Waals surface area contributed by atoms with Gasteiger partial charge in [-0.3, -0.25) is 19.2 Å². The molecule has 1 aliphatic rings. The van der Waals surface area contributed by atoms with Crippen LogP contribution in [-0.2, 0) is 14.4 Å². The van der Waals surface area contributed by atoms with Crippen molar-refractivity contribution in [2.75, 3.05) is 10.2 Å². The van der Waals surface area contributed by atoms with Gasteiger partial charge >= 0.3 is 0 Å². The number of thioether (sulfide) groups is 1. The number of hydrogen-bond acceptors (Lipinski definition) is 5. The van der Waals surface area contributed by atoms with Crippen LogP contribution in [0.1, 0.15) is 47.7 Å². The molecule has 0 saturated carbocycles. The number of carbonyl (C=O) groups is 4. The molecule has 0 aromatic heterocycles. The van der Waals surface area contributed by atoms with Gasteiger partial charge in [-0.15, -0.1) is 11.8 Å². The number of imide groups is 1. The van der Waals surface area contributed by atoms with Crippen molar-refractivity contribution >= 4 is 76.0 Å². The first kappa shape index (κ1) is 32.0. The summed E-state index contributed by atoms with van der Waals surface area (Å²) in [6, 6.07) is 27.8. The predicted molar refractivity (Wildman–Crippen MR) is 181 cm³/mol. The number of benzene rings is 4. The zero-order valence-electron chi connectivity index (χ0n) is 24.4. The fraction of sp³-hybridized carbons (Fsp3) is 0.143. The quantitative estimate of drug-likeness (QED) is 0.141. The lowest BCUT2D eigenvalue weighted by Gasteiger charge is -2.16. The van der Waals surface area contributed by atoms with E-state index in [0.29, 0.717) is 38.5 Å². The zero-order chi connectivity index (χ0) is 32.1. The van der Waals surface area contributed by atoms with Crippen molar-refractivity contribution in [3.05, 3.63) is 129 Å². The SMILES string of the molecule is CC(C)c1ccc(N2C(=O)CC(Sc3ccc(NC(=O)/C(=C/c4c(Cl)cccc4Cl)NC(=O)c4ccccc4)cc3)C2=O)cc1. The van der Waals surface area contributed by atoms with Crippen molar-refractivity contribution < 1.29 is 19.2 Å². The van der Waals surface area contributed by atoms with Gasteiger partial charge < -0.3 is 10.6 Å². The molecule has 228 valence electrons. The topological polar surface area (TPSA) is 95.6 Å². The van der Waals surface area contributed by atoms with Crippen molar-refractivity contribution in [1.82, 2.24) is 5.32 Å². The van der Waals surface area contributed by atoms with Gasteiger partial charge in [-0.05, 0) is 78.2 Å². The molecule has 4 aromatic rings. The first-order chi connectivity index (χ1) is 21.6. The van der Waals surface area contributed by atoms with Crippen LogP contribution in [0.3, 0.4) is 0 Å². The number of halogens is 2. The summed E-state index contributed by atoms with van der Waals surface area (Å²) >= 11 is 14.0. The van der Waals surface area contributed by atoms with Gasteiger partial charge in [0.2, 0.25) is 11.8 Å². The summed E-state index contributed by atoms with van der Waals surface area (Å²) in [5.74, 6) is -1.23. The minimum Gasteiger partial charge on any atom is -0.321 e. The summed E-state index contributed by atoms with van der Waals surface area (Å²) < 4.78 is 0. The number of nitrogens with one attached hydrogen (secondary N) is 2. The molecule has 0 spiro atoms. The fourth-order valence-corrected chi connectivity index (χ4v) is 6.25. The fourth-order valence-electron chi connectivity index (χ4n) is 4.69. The molecule has 1 aliphatic heterocycles. The van der Waals surface area contributed by atoms with Gasteiger partial charge in [0.05, 0.1) is 10.9 Å². The van der Waals surface area contributed by atoms with Crippen LogP contribution in [0.25, 0.3) is 6.08 Å². The first-order valence-corrected chi connectivity index (χ1v) is 15.8. The Balaban J connectivity index is 1.29. The molecule has 45 heavy (non-hydrogen) atoms. The highest BCUT2D eigenvalue weighted by Crippen LogP contribution is 2.35. The normalized spacial score (nSPS) is 15.0. The second kappa shape index (κ2) is 14.2. The summed E-state index contributed by atoms with van der Waals surface area (Å²) in [5, 5.41) is 5.52. The molecule has 0 radical (unpaired) electrons. The van der Waals surface area contributed by atoms with Gasteiger partial charge in [0, 0.05) is 38.2 Å². The van der Waals surface area contributed by atoms with Crippen molar-refractivity contribution in [3.8, 4) is 0 Å². The predicted octanol–water partition coefficient (Wildman–Crippen LogP) is 7.95. The minimum atomic E-state index is -0.591. The Hall–Kier alpha value is -4.37. The first-order valence-electron chi connectivity index (χ1n) is 14.2. The summed E-state index contributed by atoms with van der Waals surface area (Å²) in [6.07, 6.45) is 1.52. The highest BCUT2D eigenvalue weighted by Gasteiger charge is 2.40. The van der Waals surface area contributed by atoms with E-state index in [1.54, 1.807) is 84.9 Å². The molecule has 10 heteroatoms. The molecule has 2 N–H and O–H groups in total. The standard InChI is InChI=1S/C35H29Cl2N3O4S/c1-21(2)22-11-15-25(16-12-22)40-32(41)20-31(35(40)44)45-26-17-13-24(14-18-26)38-34(43)30(19-27-28(36)9-6-10-29(27)37)39-33(42)23-7-4-3-5-8-23/h3-19,21,31H,20H2,1-2H3,(H,38,43)(H,39,42)/b30-19-. The highest BCUT2D eigenvalue weighted by molar-refractivity contribution is 8.00. The lowest BCUT2D eigenvalue weighted by molar-refractivity contribution is -0.121. The van der Waals surface area contributed by atoms with Crippen LogP contribution in [0.5, 0.6) is 0 Å². The van der Waals surface area contributed by atoms with E-state index in [0.717, 1.165) is 10.5 Å². The van der Waals surface area contributed by atoms with E-state index in [9.17, 15) is 19.2 Å². The smallest absolute Gasteiger partial charge is 0.272 e. The summed E-state index contributed by atoms with van der Waals surface area (Å²) in [6.45, 7) is 4.17. The Bertz CT molecular complexity index is 1760. The van der Waals surface area contributed by atoms with Gasteiger partial charge in [-0.2, -0.15) is 0 Å². The monoisotopic (exact) mass is 657 g/mol. The molecule has 1 atom stereocenters. The molecule has 7 nitrogen and oxygen atoms in total. The molecule has 5 rings (SSSR count). The molecule has 1 fully saturated rings. The second-order valence-electron chi connectivity index (χ2n) is 10.6. The highest BCUT2D eigenvalue weighted by atomic mass is 35.5. The summed E-state index contributed by atoms with van der Waals surface area (Å²) in [7, 11) is 0. The largest absolute Gasteiger partial charge is 0.321 e. The van der Waals surface area contributed by atoms with E-state index < -0.39 is 17.1 Å². The van der Waals surface area contributed by atoms with Crippen molar-refractivity contribution in [2.45, 2.75) is 36.3 Å². The van der Waals surface area contributed by atoms with E-state index in [4.69, 9.17) is 23.2 Å². The van der Waals surface area contributed by atoms with Gasteiger partial charge in [0.1, 0.15) is 5.70 Å². The Morgan fingerprint density at radius 2 is 1.51 bits per heavy atom. The maximum atomic E-state index is 13.4. The molecule has 4 amide bonds. The van der Waals surface area contributed by atoms with E-state index in [1.165, 1.54) is 22.7 Å². The summed E-state index contributed by atoms with van der Waals surface area (Å²) in [4.78, 5) is 54.3. The van der Waals surface area contributed by atoms with Crippen molar-refractivity contribution in [2.24, 2.45) is 0 Å². The Kier molecular flexibility index (Phi) is 10.1. The van der Waals surface area contributed by atoms with Crippen LogP contribution in [0, 0.1) is 0 Å². The van der Waals surface area contributed by atoms with Crippen LogP contribution in [0.4, 0.5) is 11.4 Å². The minimum absolute atomic E-state index is 0.0612. The third-order valence-corrected chi connectivity index (χ3v) is 8.99. The number of amides is 4. The van der Waals surface area contributed by atoms with Crippen LogP contribution in [0.2, 0.25) is 10.0 Å². The Morgan fingerprint density at radius 1 is 0.867 bits per heavy atom. The number of rotatable bonds is 9. The second-order valence-corrected chi connectivity index (χ2v) is 12.7. The maximum Gasteiger partial charge on any atom is 0.272 e. The van der Waals surface area contributed by atoms with Gasteiger partial charge in [0.15, 0.2) is 0 Å². The van der Waals surface area contributed by atoms with Gasteiger partial charge in [-0.1, -0.05) is 73.4 Å². The van der Waals surface area contributed by atoms with Crippen LogP contribution in [-0.4, -0.2) is 28.9 Å². The van der Waals surface area contributed by atoms with E-state index in [-0.39, 0.29) is 23.9 Å². The molecular formula is C35H29Cl2N3O4S. The molecule has 0 bridgehead atoms. The molecule has 0 aliphatic carbocycles. The molecular weight excluding hydrogens is 629 g/mol. The number of anilines is 2. The van der Waals surface area contributed by atoms with Gasteiger partial charge in [0.25, 0.3) is 11.8 Å². The summed E-state index contributed by atoms with van der Waals surface area (Å²) in [5.41, 5.74) is 2.84. The number of hydrogen-bond donors (Lipinski definition) is 2. The lowest BCUT2D eigenvalue weighted by atomic mass is 10.0. The van der Waals surface area contributed by atoms with E-state index in [2.05, 4.69) is 24.5 Å². The molecule has 1 heterocycles. The third kappa shape index (κ3) is 7.65. The average Bonchev–Trinajstić information content (AvgIpc) is 3.31. The number of nitrogens with zero attached hydrogens (tertiary/aromatic N) is 1. The Labute approximate surface area is 275 Å². The zero-order valence-corrected chi connectivity index (χ0v) is 26.7. The van der Waals surface area contributed by atoms with E-state index >= 15 is 0 Å². The maximum absolute atomic E-state index is 13.4. The molecule has 4 aromatic carbocycles. The van der Waals surface area contributed by atoms with Crippen LogP contribution < -0.4 is 15.5 Å². The average molecular weight is 659 g/mol. The molecule has 1 saturated heterocycles. The Morgan fingerprint density at radius 3 is 2.13 bits per heavy atom. The van der Waals surface area contributed by atoms with Crippen molar-refractivity contribution in [1.29, 1.82) is 0 Å². The van der Waals surface area contributed by atoms with Crippen LogP contribution >= 0.6 is 35.0 Å². The molecule has 1 unspecified atom stereocenters. The van der Waals surface area contributed by atoms with Crippen molar-refractivity contribution in [3.63, 3.8) is 0 Å². The van der Waals surface area contributed by atoms with E-state index in [1.807, 2.05) is 12.1 Å². The third-order valence-electron chi connectivity index (χ3n) is 7.13. The lowest BCUT2D eigenvalue weighted by Crippen LogP contribution is -2.31. The number of carbonyl (C=O) groups excluding carboxylic acids is 4.